The van der Waals surface area contributed by atoms with E-state index in [1.165, 1.54) is 6.42 Å². The molecule has 3 nitrogen and oxygen atoms in total. The normalized spacial score (nSPS) is 27.7. The molecule has 1 saturated carbocycles. The average molecular weight is 259 g/mol. The summed E-state index contributed by atoms with van der Waals surface area (Å²) in [4.78, 5) is 12.2. The van der Waals surface area contributed by atoms with Crippen molar-refractivity contribution in [3.05, 3.63) is 29.8 Å². The minimum absolute atomic E-state index is 0.0406. The zero-order valence-electron chi connectivity index (χ0n) is 11.6. The molecule has 1 aromatic rings. The van der Waals surface area contributed by atoms with E-state index in [1.807, 2.05) is 24.3 Å². The van der Waals surface area contributed by atoms with Crippen LogP contribution in [0.3, 0.4) is 0 Å². The topological polar surface area (TPSA) is 38.3 Å². The third-order valence-corrected chi connectivity index (χ3v) is 4.25. The van der Waals surface area contributed by atoms with Gasteiger partial charge in [0, 0.05) is 12.5 Å². The van der Waals surface area contributed by atoms with E-state index in [0.717, 1.165) is 24.2 Å². The average Bonchev–Trinajstić information content (AvgIpc) is 2.92. The molecule has 1 amide bonds. The van der Waals surface area contributed by atoms with Crippen LogP contribution in [-0.4, -0.2) is 18.1 Å². The highest BCUT2D eigenvalue weighted by molar-refractivity contribution is 5.82. The summed E-state index contributed by atoms with van der Waals surface area (Å²) in [6.45, 7) is 4.53. The Morgan fingerprint density at radius 3 is 2.84 bits per heavy atom. The van der Waals surface area contributed by atoms with Crippen LogP contribution >= 0.6 is 0 Å². The predicted molar refractivity (Wildman–Crippen MR) is 74.1 cm³/mol. The standard InChI is InChI=1S/C16H21NO2/c1-16(2)8-7-12(10-16)17-15(18)14-9-11-5-3-4-6-13(11)19-14/h3-6,12,14H,7-10H2,1-2H3,(H,17,18). The number of hydrogen-bond donors (Lipinski definition) is 1. The first-order valence-electron chi connectivity index (χ1n) is 7.08. The van der Waals surface area contributed by atoms with E-state index in [2.05, 4.69) is 19.2 Å². The van der Waals surface area contributed by atoms with Gasteiger partial charge in [0.2, 0.25) is 0 Å². The maximum atomic E-state index is 12.2. The lowest BCUT2D eigenvalue weighted by Crippen LogP contribution is -2.42. The minimum atomic E-state index is -0.346. The number of carbonyl (C=O) groups excluding carboxylic acids is 1. The Morgan fingerprint density at radius 1 is 1.37 bits per heavy atom. The third-order valence-electron chi connectivity index (χ3n) is 4.25. The molecule has 102 valence electrons. The van der Waals surface area contributed by atoms with E-state index in [1.54, 1.807) is 0 Å². The van der Waals surface area contributed by atoms with E-state index in [9.17, 15) is 4.79 Å². The van der Waals surface area contributed by atoms with Crippen molar-refractivity contribution in [2.24, 2.45) is 5.41 Å². The highest BCUT2D eigenvalue weighted by Crippen LogP contribution is 2.37. The first kappa shape index (κ1) is 12.5. The van der Waals surface area contributed by atoms with Gasteiger partial charge in [-0.1, -0.05) is 32.0 Å². The summed E-state index contributed by atoms with van der Waals surface area (Å²) in [5.74, 6) is 0.897. The number of para-hydroxylation sites is 1. The Balaban J connectivity index is 1.59. The molecule has 19 heavy (non-hydrogen) atoms. The number of nitrogens with one attached hydrogen (secondary N) is 1. The zero-order valence-corrected chi connectivity index (χ0v) is 11.6. The molecule has 0 spiro atoms. The van der Waals surface area contributed by atoms with Crippen molar-refractivity contribution in [3.8, 4) is 5.75 Å². The van der Waals surface area contributed by atoms with Gasteiger partial charge in [-0.05, 0) is 36.3 Å². The molecular formula is C16H21NO2. The molecule has 0 bridgehead atoms. The molecule has 3 rings (SSSR count). The van der Waals surface area contributed by atoms with Crippen molar-refractivity contribution in [3.63, 3.8) is 0 Å². The molecule has 1 fully saturated rings. The largest absolute Gasteiger partial charge is 0.480 e. The Kier molecular flexibility index (Phi) is 3.00. The van der Waals surface area contributed by atoms with Crippen molar-refractivity contribution >= 4 is 5.91 Å². The van der Waals surface area contributed by atoms with E-state index < -0.39 is 0 Å². The monoisotopic (exact) mass is 259 g/mol. The summed E-state index contributed by atoms with van der Waals surface area (Å²) in [5, 5.41) is 3.15. The fourth-order valence-electron chi connectivity index (χ4n) is 3.18. The summed E-state index contributed by atoms with van der Waals surface area (Å²) in [6, 6.07) is 8.21. The van der Waals surface area contributed by atoms with Gasteiger partial charge in [-0.2, -0.15) is 0 Å². The lowest BCUT2D eigenvalue weighted by Gasteiger charge is -2.19. The second-order valence-electron chi connectivity index (χ2n) is 6.53. The second kappa shape index (κ2) is 4.55. The molecule has 1 aliphatic carbocycles. The second-order valence-corrected chi connectivity index (χ2v) is 6.53. The van der Waals surface area contributed by atoms with Gasteiger partial charge in [-0.3, -0.25) is 4.79 Å². The molecular weight excluding hydrogens is 238 g/mol. The number of benzene rings is 1. The van der Waals surface area contributed by atoms with E-state index in [-0.39, 0.29) is 12.0 Å². The number of fused-ring (bicyclic) bond motifs is 1. The third kappa shape index (κ3) is 2.60. The Labute approximate surface area is 114 Å². The van der Waals surface area contributed by atoms with Crippen molar-refractivity contribution in [1.29, 1.82) is 0 Å². The number of ether oxygens (including phenoxy) is 1. The van der Waals surface area contributed by atoms with Crippen LogP contribution in [0.15, 0.2) is 24.3 Å². The van der Waals surface area contributed by atoms with Crippen molar-refractivity contribution in [2.75, 3.05) is 0 Å². The van der Waals surface area contributed by atoms with Crippen LogP contribution in [0, 0.1) is 5.41 Å². The molecule has 2 aliphatic rings. The lowest BCUT2D eigenvalue weighted by molar-refractivity contribution is -0.127. The summed E-state index contributed by atoms with van der Waals surface area (Å²) in [6.07, 6.45) is 3.68. The molecule has 0 aromatic heterocycles. The fourth-order valence-corrected chi connectivity index (χ4v) is 3.18. The number of rotatable bonds is 2. The number of amides is 1. The van der Waals surface area contributed by atoms with Crippen LogP contribution in [0.4, 0.5) is 0 Å². The van der Waals surface area contributed by atoms with Crippen LogP contribution in [0.5, 0.6) is 5.75 Å². The van der Waals surface area contributed by atoms with Gasteiger partial charge in [0.15, 0.2) is 6.10 Å². The molecule has 1 N–H and O–H groups in total. The summed E-state index contributed by atoms with van der Waals surface area (Å²) in [7, 11) is 0. The predicted octanol–water partition coefficient (Wildman–Crippen LogP) is 2.69. The summed E-state index contributed by atoms with van der Waals surface area (Å²) in [5.41, 5.74) is 1.49. The van der Waals surface area contributed by atoms with Crippen molar-refractivity contribution in [1.82, 2.24) is 5.32 Å². The highest BCUT2D eigenvalue weighted by Gasteiger charge is 2.35. The zero-order chi connectivity index (χ0) is 13.5. The maximum Gasteiger partial charge on any atom is 0.261 e. The molecule has 0 saturated heterocycles. The van der Waals surface area contributed by atoms with Gasteiger partial charge in [0.05, 0.1) is 0 Å². The Hall–Kier alpha value is -1.51. The molecule has 1 aromatic carbocycles. The lowest BCUT2D eigenvalue weighted by atomic mass is 9.92. The van der Waals surface area contributed by atoms with Gasteiger partial charge >= 0.3 is 0 Å². The van der Waals surface area contributed by atoms with Gasteiger partial charge in [-0.25, -0.2) is 0 Å². The van der Waals surface area contributed by atoms with Crippen molar-refractivity contribution in [2.45, 2.75) is 51.7 Å². The van der Waals surface area contributed by atoms with Crippen LogP contribution in [-0.2, 0) is 11.2 Å². The molecule has 0 radical (unpaired) electrons. The van der Waals surface area contributed by atoms with Gasteiger partial charge in [-0.15, -0.1) is 0 Å². The first-order valence-corrected chi connectivity index (χ1v) is 7.08. The summed E-state index contributed by atoms with van der Waals surface area (Å²) < 4.78 is 5.72. The Morgan fingerprint density at radius 2 is 2.16 bits per heavy atom. The first-order chi connectivity index (χ1) is 9.03. The van der Waals surface area contributed by atoms with Crippen LogP contribution in [0.2, 0.25) is 0 Å². The molecule has 1 aliphatic heterocycles. The highest BCUT2D eigenvalue weighted by atomic mass is 16.5. The van der Waals surface area contributed by atoms with E-state index in [0.29, 0.717) is 17.9 Å². The van der Waals surface area contributed by atoms with Gasteiger partial charge < -0.3 is 10.1 Å². The van der Waals surface area contributed by atoms with Gasteiger partial charge in [0.25, 0.3) is 5.91 Å². The number of carbonyl (C=O) groups is 1. The molecule has 2 atom stereocenters. The van der Waals surface area contributed by atoms with Crippen molar-refractivity contribution < 1.29 is 9.53 Å². The molecule has 2 unspecified atom stereocenters. The van der Waals surface area contributed by atoms with Crippen LogP contribution in [0.1, 0.15) is 38.7 Å². The molecule has 1 heterocycles. The quantitative estimate of drug-likeness (QED) is 0.886. The molecule has 3 heteroatoms. The summed E-state index contributed by atoms with van der Waals surface area (Å²) >= 11 is 0. The fraction of sp³-hybridized carbons (Fsp3) is 0.562. The minimum Gasteiger partial charge on any atom is -0.480 e. The smallest absolute Gasteiger partial charge is 0.261 e. The van der Waals surface area contributed by atoms with Gasteiger partial charge in [0.1, 0.15) is 5.75 Å². The van der Waals surface area contributed by atoms with Crippen LogP contribution in [0.25, 0.3) is 0 Å². The SMILES string of the molecule is CC1(C)CCC(NC(=O)C2Cc3ccccc3O2)C1. The van der Waals surface area contributed by atoms with Crippen LogP contribution < -0.4 is 10.1 Å². The maximum absolute atomic E-state index is 12.2. The number of hydrogen-bond acceptors (Lipinski definition) is 2. The van der Waals surface area contributed by atoms with E-state index in [4.69, 9.17) is 4.74 Å². The van der Waals surface area contributed by atoms with E-state index >= 15 is 0 Å². The Bertz CT molecular complexity index is 470.